The highest BCUT2D eigenvalue weighted by molar-refractivity contribution is 6.26. The van der Waals surface area contributed by atoms with Crippen LogP contribution < -0.4 is 10.5 Å². The average Bonchev–Trinajstić information content (AvgIpc) is 1.83. The zero-order valence-electron chi connectivity index (χ0n) is 50.1. The molecule has 28 atom stereocenters. The number of Topliss-reactive ketones (excluding diaryl/α,β-unsaturated/α-hetero) is 1. The van der Waals surface area contributed by atoms with Crippen LogP contribution in [0.1, 0.15) is 128 Å². The summed E-state index contributed by atoms with van der Waals surface area (Å²) in [4.78, 5) is 55.3. The Morgan fingerprint density at radius 1 is 0.771 bits per heavy atom. The lowest BCUT2D eigenvalue weighted by molar-refractivity contribution is -1.09. The van der Waals surface area contributed by atoms with Crippen molar-refractivity contribution in [3.63, 3.8) is 0 Å². The number of ether oxygens (including phenoxy) is 10. The Morgan fingerprint density at radius 2 is 1.41 bits per heavy atom. The van der Waals surface area contributed by atoms with Gasteiger partial charge < -0.3 is 78.3 Å². The van der Waals surface area contributed by atoms with Crippen molar-refractivity contribution < 1.29 is 97.4 Å². The van der Waals surface area contributed by atoms with E-state index in [9.17, 15) is 45.2 Å². The zero-order valence-corrected chi connectivity index (χ0v) is 50.1. The lowest BCUT2D eigenvalue weighted by Crippen LogP contribution is -3.17. The van der Waals surface area contributed by atoms with E-state index in [1.807, 2.05) is 39.8 Å². The molecule has 22 heteroatoms. The van der Waals surface area contributed by atoms with Gasteiger partial charge in [0.15, 0.2) is 36.3 Å². The molecule has 5 saturated heterocycles. The van der Waals surface area contributed by atoms with Crippen molar-refractivity contribution in [3.8, 4) is 0 Å². The molecule has 2 bridgehead atoms. The number of methoxy groups -OCH3 is 1. The Kier molecular flexibility index (Phi) is 18.9. The molecule has 9 aliphatic rings. The van der Waals surface area contributed by atoms with Gasteiger partial charge >= 0.3 is 12.1 Å². The van der Waals surface area contributed by atoms with Gasteiger partial charge in [0.25, 0.3) is 0 Å². The first-order valence-corrected chi connectivity index (χ1v) is 29.8. The van der Waals surface area contributed by atoms with E-state index in [2.05, 4.69) is 25.2 Å². The summed E-state index contributed by atoms with van der Waals surface area (Å²) in [6.45, 7) is 22.0. The Morgan fingerprint density at radius 3 is 2.07 bits per heavy atom. The molecule has 0 aromatic heterocycles. The number of carbonyl (C=O) groups is 4. The monoisotopic (exact) mass is 1170 g/mol. The molecule has 5 heterocycles. The molecule has 1 saturated carbocycles. The third-order valence-corrected chi connectivity index (χ3v) is 20.5. The number of ketones is 1. The highest BCUT2D eigenvalue weighted by Gasteiger charge is 2.64. The van der Waals surface area contributed by atoms with Crippen LogP contribution in [0.3, 0.4) is 0 Å². The van der Waals surface area contributed by atoms with Gasteiger partial charge in [-0.3, -0.25) is 9.59 Å². The summed E-state index contributed by atoms with van der Waals surface area (Å²) in [6.07, 6.45) is -1.46. The Bertz CT molecular complexity index is 2560. The molecule has 1 amide bonds. The number of nitrogens with one attached hydrogen (secondary N) is 2. The minimum Gasteiger partial charge on any atom is -0.600 e. The Hall–Kier alpha value is -3.98. The topological polar surface area (TPSA) is 301 Å². The second kappa shape index (κ2) is 24.7. The van der Waals surface area contributed by atoms with Crippen molar-refractivity contribution in [1.29, 1.82) is 0 Å². The smallest absolute Gasteiger partial charge is 0.407 e. The molecular formula is C61H90N2O20. The number of aliphatic hydroxyl groups excluding tert-OH is 4. The second-order valence-corrected chi connectivity index (χ2v) is 26.1. The summed E-state index contributed by atoms with van der Waals surface area (Å²) < 4.78 is 62.7. The number of quaternary nitrogens is 1. The SMILES string of the molecule is COC(=O)NC1C(C)OC(OC2CC=C(C)C3C=CC4C(OC5CC(OC6CC(O)C(OC7CC(O)C(C)C(C)O7)C(C)O6)C(O)C(C)O5)C(C)CC(C)C4C3(C)C(O)=C3C(=O)OC4(CC(C)C(C=O)=CC4C=C2C)C3=O)CC1(C)[NH+]([O-])O. The van der Waals surface area contributed by atoms with Crippen LogP contribution >= 0.6 is 0 Å². The summed E-state index contributed by atoms with van der Waals surface area (Å²) in [7, 11) is 1.18. The van der Waals surface area contributed by atoms with Gasteiger partial charge in [0.05, 0.1) is 68.5 Å². The van der Waals surface area contributed by atoms with E-state index < -0.39 is 173 Å². The van der Waals surface area contributed by atoms with E-state index >= 15 is 4.79 Å². The first kappa shape index (κ1) is 63.5. The maximum atomic E-state index is 15.5. The van der Waals surface area contributed by atoms with E-state index in [1.165, 1.54) is 14.0 Å². The van der Waals surface area contributed by atoms with Crippen LogP contribution in [0.15, 0.2) is 58.4 Å². The van der Waals surface area contributed by atoms with Crippen molar-refractivity contribution in [2.45, 2.75) is 238 Å². The molecule has 6 fully saturated rings. The summed E-state index contributed by atoms with van der Waals surface area (Å²) >= 11 is 0. The highest BCUT2D eigenvalue weighted by atomic mass is 16.8. The molecule has 1 spiro atoms. The predicted octanol–water partition coefficient (Wildman–Crippen LogP) is 4.90. The number of hydroxylamine groups is 2. The van der Waals surface area contributed by atoms with Crippen molar-refractivity contribution in [2.24, 2.45) is 52.8 Å². The number of aldehydes is 1. The third-order valence-electron chi connectivity index (χ3n) is 20.5. The third kappa shape index (κ3) is 11.9. The van der Waals surface area contributed by atoms with Gasteiger partial charge in [0.1, 0.15) is 35.9 Å². The van der Waals surface area contributed by atoms with Crippen LogP contribution in [-0.2, 0) is 61.8 Å². The normalized spacial score (nSPS) is 48.0. The molecule has 0 aromatic rings. The van der Waals surface area contributed by atoms with Crippen LogP contribution in [0, 0.1) is 58.0 Å². The van der Waals surface area contributed by atoms with Gasteiger partial charge in [-0.1, -0.05) is 70.6 Å². The van der Waals surface area contributed by atoms with Crippen LogP contribution in [0.4, 0.5) is 4.79 Å². The quantitative estimate of drug-likeness (QED) is 0.0476. The number of fused-ring (bicyclic) bond motifs is 4. The van der Waals surface area contributed by atoms with Crippen LogP contribution in [-0.4, -0.2) is 166 Å². The zero-order chi connectivity index (χ0) is 60.5. The number of carbonyl (C=O) groups excluding carboxylic acids is 4. The average molecular weight is 1170 g/mol. The minimum absolute atomic E-state index is 0.0363. The van der Waals surface area contributed by atoms with E-state index in [0.29, 0.717) is 17.6 Å². The number of alkyl carbamates (subject to hydrolysis) is 1. The molecule has 7 N–H and O–H groups in total. The first-order valence-electron chi connectivity index (χ1n) is 29.8. The lowest BCUT2D eigenvalue weighted by Gasteiger charge is -2.56. The molecule has 5 aliphatic heterocycles. The van der Waals surface area contributed by atoms with Gasteiger partial charge in [-0.05, 0) is 96.1 Å². The van der Waals surface area contributed by atoms with Crippen molar-refractivity contribution in [1.82, 2.24) is 5.32 Å². The summed E-state index contributed by atoms with van der Waals surface area (Å²) in [6, 6.07) is -0.988. The minimum atomic E-state index is -1.86. The summed E-state index contributed by atoms with van der Waals surface area (Å²) in [5, 5.41) is 71.9. The summed E-state index contributed by atoms with van der Waals surface area (Å²) in [5.41, 5.74) is -3.46. The second-order valence-electron chi connectivity index (χ2n) is 26.1. The van der Waals surface area contributed by atoms with Crippen molar-refractivity contribution >= 4 is 24.1 Å². The van der Waals surface area contributed by atoms with Crippen LogP contribution in [0.5, 0.6) is 0 Å². The van der Waals surface area contributed by atoms with Gasteiger partial charge in [0.2, 0.25) is 5.78 Å². The van der Waals surface area contributed by atoms with Crippen LogP contribution in [0.2, 0.25) is 0 Å². The van der Waals surface area contributed by atoms with E-state index in [-0.39, 0.29) is 62.4 Å². The standard InChI is InChI=1S/C61H90N2O20/c1-27-14-17-43(79-48-25-59(11,63(72)73)54(36(10)78-48)62-58(71)74-13)28(2)19-38-20-37(26-64)31(5)24-61(38)56(69)49(57(70)83-61)55(68)60(12)40(27)16-15-39-50(60)29(3)18-30(4)52(39)81-47-23-44(51(67)34(8)76-47)80-45-22-42(66)53(35(9)77-45)82-46-21-41(65)32(6)33(7)75-46/h14-16,19-20,26,29-36,38-48,50-54,63,65-68,72H,17-18,21-25H2,1-13H3,(H,62,71). The number of aliphatic hydroxyl groups is 4. The van der Waals surface area contributed by atoms with Crippen molar-refractivity contribution in [3.05, 3.63) is 63.6 Å². The number of esters is 1. The van der Waals surface area contributed by atoms with E-state index in [1.54, 1.807) is 46.8 Å². The van der Waals surface area contributed by atoms with Gasteiger partial charge in [0, 0.05) is 54.8 Å². The molecular weight excluding hydrogens is 1080 g/mol. The largest absolute Gasteiger partial charge is 0.600 e. The number of hydrogen-bond acceptors (Lipinski definition) is 20. The fraction of sp³-hybridized carbons (Fsp3) is 0.770. The van der Waals surface area contributed by atoms with Crippen molar-refractivity contribution in [2.75, 3.05) is 7.11 Å². The Labute approximate surface area is 486 Å². The highest BCUT2D eigenvalue weighted by Crippen LogP contribution is 2.61. The molecule has 83 heavy (non-hydrogen) atoms. The predicted molar refractivity (Wildman–Crippen MR) is 294 cm³/mol. The molecule has 9 rings (SSSR count). The molecule has 4 aliphatic carbocycles. The van der Waals surface area contributed by atoms with Gasteiger partial charge in [-0.2, -0.15) is 0 Å². The van der Waals surface area contributed by atoms with Crippen LogP contribution in [0.25, 0.3) is 0 Å². The number of allylic oxidation sites excluding steroid dienone is 4. The fourth-order valence-corrected chi connectivity index (χ4v) is 15.6. The summed E-state index contributed by atoms with van der Waals surface area (Å²) in [5.74, 6) is -5.36. The molecule has 464 valence electrons. The number of rotatable bonds is 11. The lowest BCUT2D eigenvalue weighted by atomic mass is 9.49. The molecule has 0 aromatic carbocycles. The van der Waals surface area contributed by atoms with Gasteiger partial charge in [-0.15, -0.1) is 0 Å². The van der Waals surface area contributed by atoms with E-state index in [4.69, 9.17) is 47.4 Å². The molecule has 0 radical (unpaired) electrons. The maximum absolute atomic E-state index is 15.5. The fourth-order valence-electron chi connectivity index (χ4n) is 15.6. The number of hydrogen-bond donors (Lipinski definition) is 7. The molecule has 28 unspecified atom stereocenters. The first-order chi connectivity index (χ1) is 39.1. The Balaban J connectivity index is 1.02. The van der Waals surface area contributed by atoms with Gasteiger partial charge in [-0.25, -0.2) is 20.0 Å². The van der Waals surface area contributed by atoms with E-state index in [0.717, 1.165) is 11.9 Å². The maximum Gasteiger partial charge on any atom is 0.407 e. The number of amides is 1. The molecule has 22 nitrogen and oxygen atoms in total.